The van der Waals surface area contributed by atoms with Gasteiger partial charge in [0.05, 0.1) is 10.0 Å². The number of thiophene rings is 2. The SMILES string of the molecule is O=C1OC(c2sc3cc(Cl)ccc3c2Cl)=N/C1=C/c1cc(Br)ccc1OC(=O)c1sc2cc(Br)ccc2c1Cl. The van der Waals surface area contributed by atoms with E-state index in [-0.39, 0.29) is 22.2 Å². The van der Waals surface area contributed by atoms with Crippen LogP contribution in [0.25, 0.3) is 26.2 Å². The fourth-order valence-corrected chi connectivity index (χ4v) is 7.90. The van der Waals surface area contributed by atoms with E-state index in [1.807, 2.05) is 18.2 Å². The highest BCUT2D eigenvalue weighted by Gasteiger charge is 2.29. The van der Waals surface area contributed by atoms with E-state index in [1.54, 1.807) is 36.4 Å². The molecule has 0 saturated heterocycles. The van der Waals surface area contributed by atoms with Crippen LogP contribution in [-0.2, 0) is 9.53 Å². The number of nitrogens with zero attached hydrogens (tertiary/aromatic N) is 1. The Hall–Kier alpha value is -2.24. The van der Waals surface area contributed by atoms with Crippen molar-refractivity contribution in [3.05, 3.63) is 99.6 Å². The first-order valence-corrected chi connectivity index (χ1v) is 15.3. The van der Waals surface area contributed by atoms with Crippen molar-refractivity contribution in [2.45, 2.75) is 0 Å². The number of esters is 2. The fraction of sp³-hybridized carbons (Fsp3) is 0. The Morgan fingerprint density at radius 1 is 0.897 bits per heavy atom. The first-order valence-electron chi connectivity index (χ1n) is 11.0. The van der Waals surface area contributed by atoms with Gasteiger partial charge in [-0.25, -0.2) is 14.6 Å². The molecule has 0 atom stereocenters. The second-order valence-electron chi connectivity index (χ2n) is 8.18. The van der Waals surface area contributed by atoms with E-state index in [9.17, 15) is 9.59 Å². The lowest BCUT2D eigenvalue weighted by Crippen LogP contribution is -2.08. The summed E-state index contributed by atoms with van der Waals surface area (Å²) in [5, 5.41) is 2.85. The molecule has 2 aromatic heterocycles. The molecule has 3 aromatic carbocycles. The van der Waals surface area contributed by atoms with Gasteiger partial charge in [0, 0.05) is 39.7 Å². The van der Waals surface area contributed by atoms with Crippen LogP contribution < -0.4 is 4.74 Å². The third-order valence-corrected chi connectivity index (χ3v) is 10.2. The standard InChI is InChI=1S/C27H10Br2Cl3NO4S2/c28-12-2-6-18(36-27(35)24-22(32)15-4-1-13(29)9-19(15)39-24)11(7-12)8-17-26(34)37-25(33-17)23-21(31)16-5-3-14(30)10-20(16)38-23/h1-10H/b17-8+. The van der Waals surface area contributed by atoms with E-state index < -0.39 is 11.9 Å². The number of cyclic esters (lactones) is 1. The average molecular weight is 743 g/mol. The summed E-state index contributed by atoms with van der Waals surface area (Å²) in [5.74, 6) is -0.971. The molecule has 1 aliphatic rings. The van der Waals surface area contributed by atoms with Crippen LogP contribution in [0.3, 0.4) is 0 Å². The maximum Gasteiger partial charge on any atom is 0.363 e. The van der Waals surface area contributed by atoms with Crippen molar-refractivity contribution in [1.82, 2.24) is 0 Å². The quantitative estimate of drug-likeness (QED) is 0.105. The molecule has 6 rings (SSSR count). The Morgan fingerprint density at radius 2 is 1.59 bits per heavy atom. The molecule has 0 amide bonds. The second kappa shape index (κ2) is 10.6. The van der Waals surface area contributed by atoms with Crippen molar-refractivity contribution in [3.8, 4) is 5.75 Å². The summed E-state index contributed by atoms with van der Waals surface area (Å²) in [7, 11) is 0. The van der Waals surface area contributed by atoms with Gasteiger partial charge in [-0.3, -0.25) is 0 Å². The van der Waals surface area contributed by atoms with Gasteiger partial charge in [-0.2, -0.15) is 0 Å². The zero-order chi connectivity index (χ0) is 27.4. The number of rotatable bonds is 4. The molecule has 3 heterocycles. The molecule has 0 N–H and O–H groups in total. The highest BCUT2D eigenvalue weighted by molar-refractivity contribution is 9.10. The lowest BCUT2D eigenvalue weighted by Gasteiger charge is -2.08. The highest BCUT2D eigenvalue weighted by Crippen LogP contribution is 2.40. The van der Waals surface area contributed by atoms with E-state index in [2.05, 4.69) is 36.9 Å². The Balaban J connectivity index is 1.35. The Morgan fingerprint density at radius 3 is 2.41 bits per heavy atom. The molecule has 0 bridgehead atoms. The van der Waals surface area contributed by atoms with Crippen molar-refractivity contribution in [2.75, 3.05) is 0 Å². The number of fused-ring (bicyclic) bond motifs is 2. The molecule has 39 heavy (non-hydrogen) atoms. The summed E-state index contributed by atoms with van der Waals surface area (Å²) < 4.78 is 14.4. The van der Waals surface area contributed by atoms with Gasteiger partial charge >= 0.3 is 11.9 Å². The van der Waals surface area contributed by atoms with Gasteiger partial charge in [-0.1, -0.05) is 78.8 Å². The highest BCUT2D eigenvalue weighted by atomic mass is 79.9. The van der Waals surface area contributed by atoms with Gasteiger partial charge in [0.1, 0.15) is 15.5 Å². The van der Waals surface area contributed by atoms with Crippen LogP contribution in [0.1, 0.15) is 20.1 Å². The van der Waals surface area contributed by atoms with Gasteiger partial charge in [-0.15, -0.1) is 22.7 Å². The number of aliphatic imine (C=N–C) groups is 1. The second-order valence-corrected chi connectivity index (χ2v) is 13.3. The largest absolute Gasteiger partial charge is 0.422 e. The Kier molecular flexibility index (Phi) is 7.35. The zero-order valence-corrected chi connectivity index (χ0v) is 26.1. The molecule has 5 aromatic rings. The van der Waals surface area contributed by atoms with E-state index in [0.29, 0.717) is 30.0 Å². The Labute approximate surface area is 260 Å². The summed E-state index contributed by atoms with van der Waals surface area (Å²) in [6, 6.07) is 15.9. The third kappa shape index (κ3) is 5.17. The lowest BCUT2D eigenvalue weighted by molar-refractivity contribution is -0.129. The molecule has 5 nitrogen and oxygen atoms in total. The topological polar surface area (TPSA) is 65.0 Å². The minimum absolute atomic E-state index is 0.0247. The van der Waals surface area contributed by atoms with Crippen LogP contribution in [0, 0.1) is 0 Å². The van der Waals surface area contributed by atoms with Crippen LogP contribution in [-0.4, -0.2) is 17.8 Å². The maximum absolute atomic E-state index is 13.1. The number of carbonyl (C=O) groups excluding carboxylic acids is 2. The fourth-order valence-electron chi connectivity index (χ4n) is 3.87. The molecule has 0 radical (unpaired) electrons. The van der Waals surface area contributed by atoms with Gasteiger partial charge < -0.3 is 9.47 Å². The van der Waals surface area contributed by atoms with Gasteiger partial charge in [0.15, 0.2) is 5.70 Å². The number of halogens is 5. The average Bonchev–Trinajstić information content (AvgIpc) is 3.53. The molecule has 0 saturated carbocycles. The zero-order valence-electron chi connectivity index (χ0n) is 19.1. The molecule has 0 unspecified atom stereocenters. The molecular formula is C27H10Br2Cl3NO4S2. The third-order valence-electron chi connectivity index (χ3n) is 5.65. The van der Waals surface area contributed by atoms with E-state index in [4.69, 9.17) is 44.3 Å². The summed E-state index contributed by atoms with van der Waals surface area (Å²) in [6.45, 7) is 0. The Bertz CT molecular complexity index is 1930. The minimum Gasteiger partial charge on any atom is -0.422 e. The van der Waals surface area contributed by atoms with Crippen molar-refractivity contribution < 1.29 is 19.1 Å². The molecule has 0 spiro atoms. The first-order chi connectivity index (χ1) is 18.7. The molecular weight excluding hydrogens is 733 g/mol. The van der Waals surface area contributed by atoms with E-state index >= 15 is 0 Å². The molecule has 0 fully saturated rings. The monoisotopic (exact) mass is 739 g/mol. The number of ether oxygens (including phenoxy) is 2. The van der Waals surface area contributed by atoms with Crippen LogP contribution in [0.2, 0.25) is 15.1 Å². The summed E-state index contributed by atoms with van der Waals surface area (Å²) in [4.78, 5) is 31.1. The van der Waals surface area contributed by atoms with Crippen LogP contribution >= 0.6 is 89.3 Å². The predicted octanol–water partition coefficient (Wildman–Crippen LogP) is 10.2. The number of hydrogen-bond acceptors (Lipinski definition) is 7. The normalized spacial score (nSPS) is 14.3. The van der Waals surface area contributed by atoms with Crippen molar-refractivity contribution in [1.29, 1.82) is 0 Å². The summed E-state index contributed by atoms with van der Waals surface area (Å²) >= 11 is 28.6. The predicted molar refractivity (Wildman–Crippen MR) is 166 cm³/mol. The van der Waals surface area contributed by atoms with Gasteiger partial charge in [0.25, 0.3) is 0 Å². The summed E-state index contributed by atoms with van der Waals surface area (Å²) in [5.41, 5.74) is 0.459. The molecule has 1 aliphatic heterocycles. The van der Waals surface area contributed by atoms with E-state index in [1.165, 1.54) is 28.7 Å². The first kappa shape index (κ1) is 27.0. The molecule has 12 heteroatoms. The maximum atomic E-state index is 13.1. The van der Waals surface area contributed by atoms with Crippen LogP contribution in [0.15, 0.2) is 74.2 Å². The van der Waals surface area contributed by atoms with Crippen molar-refractivity contribution in [2.24, 2.45) is 4.99 Å². The smallest absolute Gasteiger partial charge is 0.363 e. The van der Waals surface area contributed by atoms with Crippen LogP contribution in [0.4, 0.5) is 0 Å². The number of benzene rings is 3. The summed E-state index contributed by atoms with van der Waals surface area (Å²) in [6.07, 6.45) is 1.49. The number of carbonyl (C=O) groups is 2. The molecule has 194 valence electrons. The van der Waals surface area contributed by atoms with Gasteiger partial charge in [-0.05, 0) is 48.5 Å². The molecule has 0 aliphatic carbocycles. The van der Waals surface area contributed by atoms with Crippen LogP contribution in [0.5, 0.6) is 5.75 Å². The van der Waals surface area contributed by atoms with E-state index in [0.717, 1.165) is 24.6 Å². The minimum atomic E-state index is -0.660. The van der Waals surface area contributed by atoms with Gasteiger partial charge in [0.2, 0.25) is 5.90 Å². The van der Waals surface area contributed by atoms with Crippen molar-refractivity contribution in [3.63, 3.8) is 0 Å². The lowest BCUT2D eigenvalue weighted by atomic mass is 10.1. The number of hydrogen-bond donors (Lipinski definition) is 0. The van der Waals surface area contributed by atoms with Crippen molar-refractivity contribution >= 4 is 133 Å².